The van der Waals surface area contributed by atoms with Crippen molar-refractivity contribution in [2.75, 3.05) is 19.6 Å². The number of piperidine rings is 1. The maximum Gasteiger partial charge on any atom is 0.247 e. The summed E-state index contributed by atoms with van der Waals surface area (Å²) in [6.07, 6.45) is 1.82. The summed E-state index contributed by atoms with van der Waals surface area (Å²) in [6, 6.07) is 8.17. The van der Waals surface area contributed by atoms with Crippen LogP contribution in [0.5, 0.6) is 0 Å². The number of rotatable bonds is 3. The summed E-state index contributed by atoms with van der Waals surface area (Å²) in [5.41, 5.74) is 0.720. The zero-order valence-electron chi connectivity index (χ0n) is 11.5. The Kier molecular flexibility index (Phi) is 3.93. The van der Waals surface area contributed by atoms with Crippen molar-refractivity contribution in [2.45, 2.75) is 18.8 Å². The smallest absolute Gasteiger partial charge is 0.247 e. The van der Waals surface area contributed by atoms with Crippen molar-refractivity contribution in [3.63, 3.8) is 0 Å². The molecule has 0 atom stereocenters. The summed E-state index contributed by atoms with van der Waals surface area (Å²) >= 11 is 0. The Bertz CT molecular complexity index is 638. The highest BCUT2D eigenvalue weighted by Gasteiger charge is 2.25. The van der Waals surface area contributed by atoms with Crippen LogP contribution in [0.3, 0.4) is 0 Å². The normalized spacial score (nSPS) is 16.8. The van der Waals surface area contributed by atoms with E-state index in [4.69, 9.17) is 9.68 Å². The number of halogens is 1. The van der Waals surface area contributed by atoms with Crippen LogP contribution in [0.4, 0.5) is 4.39 Å². The SMILES string of the molecule is N#CCN1CCC(c2nnc(-c3ccc(F)cc3)o2)CC1. The summed E-state index contributed by atoms with van der Waals surface area (Å²) < 4.78 is 18.6. The lowest BCUT2D eigenvalue weighted by atomic mass is 9.97. The molecule has 5 nitrogen and oxygen atoms in total. The Balaban J connectivity index is 1.68. The highest BCUT2D eigenvalue weighted by atomic mass is 19.1. The number of hydrogen-bond donors (Lipinski definition) is 0. The Morgan fingerprint density at radius 3 is 2.62 bits per heavy atom. The number of aromatic nitrogens is 2. The van der Waals surface area contributed by atoms with E-state index in [1.165, 1.54) is 12.1 Å². The molecular weight excluding hydrogens is 271 g/mol. The van der Waals surface area contributed by atoms with Crippen LogP contribution in [0.2, 0.25) is 0 Å². The number of likely N-dealkylation sites (tertiary alicyclic amines) is 1. The average Bonchev–Trinajstić information content (AvgIpc) is 2.99. The fourth-order valence-corrected chi connectivity index (χ4v) is 2.55. The second kappa shape index (κ2) is 6.02. The third-order valence-corrected chi connectivity index (χ3v) is 3.76. The predicted molar refractivity (Wildman–Crippen MR) is 73.7 cm³/mol. The molecule has 0 N–H and O–H groups in total. The fraction of sp³-hybridized carbons (Fsp3) is 0.400. The van der Waals surface area contributed by atoms with Crippen molar-refractivity contribution in [3.8, 4) is 17.5 Å². The molecule has 6 heteroatoms. The predicted octanol–water partition coefficient (Wildman–Crippen LogP) is 2.58. The molecule has 108 valence electrons. The van der Waals surface area contributed by atoms with Gasteiger partial charge in [-0.3, -0.25) is 4.90 Å². The molecule has 0 radical (unpaired) electrons. The zero-order chi connectivity index (χ0) is 14.7. The molecule has 0 amide bonds. The molecule has 3 rings (SSSR count). The van der Waals surface area contributed by atoms with E-state index in [2.05, 4.69) is 21.2 Å². The summed E-state index contributed by atoms with van der Waals surface area (Å²) in [5.74, 6) is 1.00. The first-order chi connectivity index (χ1) is 10.3. The van der Waals surface area contributed by atoms with E-state index < -0.39 is 0 Å². The van der Waals surface area contributed by atoms with Gasteiger partial charge in [-0.1, -0.05) is 0 Å². The topological polar surface area (TPSA) is 66.0 Å². The molecule has 0 aliphatic carbocycles. The first-order valence-electron chi connectivity index (χ1n) is 6.95. The molecule has 1 fully saturated rings. The molecule has 0 unspecified atom stereocenters. The first kappa shape index (κ1) is 13.7. The highest BCUT2D eigenvalue weighted by molar-refractivity contribution is 5.52. The summed E-state index contributed by atoms with van der Waals surface area (Å²) in [4.78, 5) is 2.12. The molecule has 0 bridgehead atoms. The Labute approximate surface area is 122 Å². The molecule has 1 aliphatic heterocycles. The van der Waals surface area contributed by atoms with Crippen LogP contribution in [-0.2, 0) is 0 Å². The molecule has 1 aromatic carbocycles. The standard InChI is InChI=1S/C15H15FN4O/c16-13-3-1-11(2-4-13)14-18-19-15(21-14)12-5-8-20(9-6-12)10-7-17/h1-4,12H,5-6,8-10H2. The van der Waals surface area contributed by atoms with Crippen LogP contribution in [-0.4, -0.2) is 34.7 Å². The van der Waals surface area contributed by atoms with E-state index in [0.29, 0.717) is 18.3 Å². The maximum atomic E-state index is 12.9. The minimum absolute atomic E-state index is 0.238. The maximum absolute atomic E-state index is 12.9. The molecule has 0 spiro atoms. The highest BCUT2D eigenvalue weighted by Crippen LogP contribution is 2.29. The number of hydrogen-bond acceptors (Lipinski definition) is 5. The van der Waals surface area contributed by atoms with Gasteiger partial charge in [-0.25, -0.2) is 4.39 Å². The first-order valence-corrected chi connectivity index (χ1v) is 6.95. The van der Waals surface area contributed by atoms with Gasteiger partial charge in [-0.15, -0.1) is 10.2 Å². The molecule has 2 heterocycles. The molecular formula is C15H15FN4O. The van der Waals surface area contributed by atoms with Crippen LogP contribution in [0.1, 0.15) is 24.7 Å². The molecule has 1 aromatic heterocycles. The second-order valence-corrected chi connectivity index (χ2v) is 5.16. The summed E-state index contributed by atoms with van der Waals surface area (Å²) in [5, 5.41) is 16.8. The molecule has 21 heavy (non-hydrogen) atoms. The van der Waals surface area contributed by atoms with Gasteiger partial charge in [0.15, 0.2) is 0 Å². The lowest BCUT2D eigenvalue weighted by Gasteiger charge is -2.28. The van der Waals surface area contributed by atoms with Crippen LogP contribution in [0.15, 0.2) is 28.7 Å². The third kappa shape index (κ3) is 3.09. The van der Waals surface area contributed by atoms with Crippen LogP contribution < -0.4 is 0 Å². The Morgan fingerprint density at radius 2 is 1.95 bits per heavy atom. The van der Waals surface area contributed by atoms with Crippen molar-refractivity contribution in [2.24, 2.45) is 0 Å². The van der Waals surface area contributed by atoms with E-state index in [1.54, 1.807) is 12.1 Å². The molecule has 1 saturated heterocycles. The monoisotopic (exact) mass is 286 g/mol. The summed E-state index contributed by atoms with van der Waals surface area (Å²) in [7, 11) is 0. The lowest BCUT2D eigenvalue weighted by Crippen LogP contribution is -2.33. The third-order valence-electron chi connectivity index (χ3n) is 3.76. The van der Waals surface area contributed by atoms with Gasteiger partial charge in [-0.2, -0.15) is 5.26 Å². The van der Waals surface area contributed by atoms with Crippen LogP contribution in [0.25, 0.3) is 11.5 Å². The van der Waals surface area contributed by atoms with E-state index in [0.717, 1.165) is 31.5 Å². The minimum Gasteiger partial charge on any atom is -0.420 e. The van der Waals surface area contributed by atoms with Gasteiger partial charge in [0.2, 0.25) is 11.8 Å². The van der Waals surface area contributed by atoms with E-state index in [1.807, 2.05) is 0 Å². The minimum atomic E-state index is -0.289. The fourth-order valence-electron chi connectivity index (χ4n) is 2.55. The largest absolute Gasteiger partial charge is 0.420 e. The van der Waals surface area contributed by atoms with E-state index in [9.17, 15) is 4.39 Å². The van der Waals surface area contributed by atoms with E-state index >= 15 is 0 Å². The van der Waals surface area contributed by atoms with Gasteiger partial charge in [0.25, 0.3) is 0 Å². The number of benzene rings is 1. The Morgan fingerprint density at radius 1 is 1.24 bits per heavy atom. The van der Waals surface area contributed by atoms with Crippen molar-refractivity contribution < 1.29 is 8.81 Å². The van der Waals surface area contributed by atoms with E-state index in [-0.39, 0.29) is 11.7 Å². The van der Waals surface area contributed by atoms with Gasteiger partial charge in [0, 0.05) is 11.5 Å². The molecule has 2 aromatic rings. The van der Waals surface area contributed by atoms with Gasteiger partial charge in [-0.05, 0) is 50.2 Å². The van der Waals surface area contributed by atoms with Gasteiger partial charge in [0.05, 0.1) is 12.6 Å². The quantitative estimate of drug-likeness (QED) is 0.811. The average molecular weight is 286 g/mol. The van der Waals surface area contributed by atoms with Gasteiger partial charge in [0.1, 0.15) is 5.82 Å². The van der Waals surface area contributed by atoms with Crippen LogP contribution >= 0.6 is 0 Å². The summed E-state index contributed by atoms with van der Waals surface area (Å²) in [6.45, 7) is 2.20. The number of nitrogens with zero attached hydrogens (tertiary/aromatic N) is 4. The van der Waals surface area contributed by atoms with Gasteiger partial charge >= 0.3 is 0 Å². The number of nitriles is 1. The van der Waals surface area contributed by atoms with Crippen molar-refractivity contribution in [1.29, 1.82) is 5.26 Å². The zero-order valence-corrected chi connectivity index (χ0v) is 11.5. The van der Waals surface area contributed by atoms with Gasteiger partial charge < -0.3 is 4.42 Å². The van der Waals surface area contributed by atoms with Crippen LogP contribution in [0, 0.1) is 17.1 Å². The second-order valence-electron chi connectivity index (χ2n) is 5.16. The lowest BCUT2D eigenvalue weighted by molar-refractivity contribution is 0.220. The van der Waals surface area contributed by atoms with Crippen molar-refractivity contribution in [3.05, 3.63) is 36.0 Å². The molecule has 0 saturated carbocycles. The Hall–Kier alpha value is -2.26. The van der Waals surface area contributed by atoms with Crippen molar-refractivity contribution >= 4 is 0 Å². The van der Waals surface area contributed by atoms with Crippen molar-refractivity contribution in [1.82, 2.24) is 15.1 Å². The molecule has 1 aliphatic rings.